The van der Waals surface area contributed by atoms with Crippen LogP contribution in [0.3, 0.4) is 0 Å². The Hall–Kier alpha value is -1.16. The van der Waals surface area contributed by atoms with Crippen LogP contribution in [0.4, 0.5) is 0 Å². The largest absolute Gasteiger partial charge is 0.370 e. The summed E-state index contributed by atoms with van der Waals surface area (Å²) in [5.74, 6) is 1.68. The third-order valence-corrected chi connectivity index (χ3v) is 7.09. The Balaban J connectivity index is 0.00000272. The molecule has 0 amide bonds. The first-order valence-corrected chi connectivity index (χ1v) is 12.0. The molecule has 0 spiro atoms. The van der Waals surface area contributed by atoms with E-state index in [2.05, 4.69) is 68.8 Å². The predicted octanol–water partition coefficient (Wildman–Crippen LogP) is 4.54. The van der Waals surface area contributed by atoms with Gasteiger partial charge in [0.1, 0.15) is 6.10 Å². The van der Waals surface area contributed by atoms with Gasteiger partial charge in [0.25, 0.3) is 0 Å². The number of guanidine groups is 1. The highest BCUT2D eigenvalue weighted by molar-refractivity contribution is 14.0. The molecule has 2 atom stereocenters. The van der Waals surface area contributed by atoms with Gasteiger partial charge >= 0.3 is 0 Å². The van der Waals surface area contributed by atoms with Crippen molar-refractivity contribution in [3.8, 4) is 0 Å². The van der Waals surface area contributed by atoms with Crippen molar-refractivity contribution in [1.29, 1.82) is 0 Å². The fraction of sp³-hybridized carbons (Fsp3) is 0.542. The fourth-order valence-electron chi connectivity index (χ4n) is 4.63. The lowest BCUT2D eigenvalue weighted by Crippen LogP contribution is -2.50. The number of aryl methyl sites for hydroxylation is 1. The van der Waals surface area contributed by atoms with Crippen molar-refractivity contribution in [2.24, 2.45) is 10.9 Å². The highest BCUT2D eigenvalue weighted by Crippen LogP contribution is 2.25. The minimum Gasteiger partial charge on any atom is -0.370 e. The zero-order valence-corrected chi connectivity index (χ0v) is 21.8. The van der Waals surface area contributed by atoms with Crippen molar-refractivity contribution in [3.05, 3.63) is 57.8 Å². The van der Waals surface area contributed by atoms with E-state index in [0.717, 1.165) is 45.3 Å². The number of halogens is 1. The van der Waals surface area contributed by atoms with Gasteiger partial charge in [0.05, 0.1) is 13.2 Å². The van der Waals surface area contributed by atoms with E-state index in [0.29, 0.717) is 5.92 Å². The number of piperidine rings is 1. The minimum atomic E-state index is 0. The van der Waals surface area contributed by atoms with E-state index in [1.807, 2.05) is 18.4 Å². The Labute approximate surface area is 207 Å². The number of thiophene rings is 1. The second kappa shape index (κ2) is 12.2. The summed E-state index contributed by atoms with van der Waals surface area (Å²) in [7, 11) is 1.89. The molecule has 1 aromatic carbocycles. The van der Waals surface area contributed by atoms with E-state index in [-0.39, 0.29) is 30.1 Å². The lowest BCUT2D eigenvalue weighted by molar-refractivity contribution is -0.00842. The van der Waals surface area contributed by atoms with Crippen LogP contribution in [0, 0.1) is 12.8 Å². The van der Waals surface area contributed by atoms with Gasteiger partial charge in [-0.3, -0.25) is 9.89 Å². The molecule has 2 saturated heterocycles. The second-order valence-electron chi connectivity index (χ2n) is 8.41. The van der Waals surface area contributed by atoms with Crippen molar-refractivity contribution >= 4 is 41.3 Å². The molecule has 2 aliphatic heterocycles. The van der Waals surface area contributed by atoms with Gasteiger partial charge < -0.3 is 15.0 Å². The Morgan fingerprint density at radius 3 is 2.84 bits per heavy atom. The van der Waals surface area contributed by atoms with Crippen molar-refractivity contribution in [3.63, 3.8) is 0 Å². The summed E-state index contributed by atoms with van der Waals surface area (Å²) in [6, 6.07) is 12.9. The van der Waals surface area contributed by atoms with Gasteiger partial charge in [-0.25, -0.2) is 0 Å². The van der Waals surface area contributed by atoms with Crippen LogP contribution < -0.4 is 5.32 Å². The number of benzene rings is 1. The molecule has 2 aliphatic rings. The van der Waals surface area contributed by atoms with E-state index < -0.39 is 0 Å². The molecule has 0 aliphatic carbocycles. The number of morpholine rings is 1. The first-order valence-electron chi connectivity index (χ1n) is 11.1. The Kier molecular flexibility index (Phi) is 9.62. The zero-order valence-electron chi connectivity index (χ0n) is 18.6. The van der Waals surface area contributed by atoms with Crippen LogP contribution in [0.15, 0.2) is 46.8 Å². The standard InChI is InChI=1S/C24H34N4OS.HI/c1-19-7-3-4-10-22(19)23-18-28(12-13-29-23)24(25-2)26-15-20-8-5-11-27(16-20)17-21-9-6-14-30-21;/h3-4,6-7,9-10,14,20,23H,5,8,11-13,15-18H2,1-2H3,(H,25,26);1H. The maximum Gasteiger partial charge on any atom is 0.193 e. The highest BCUT2D eigenvalue weighted by Gasteiger charge is 2.26. The maximum absolute atomic E-state index is 6.10. The molecule has 2 aromatic rings. The van der Waals surface area contributed by atoms with Crippen molar-refractivity contribution in [1.82, 2.24) is 15.1 Å². The first-order chi connectivity index (χ1) is 14.7. The van der Waals surface area contributed by atoms with Crippen LogP contribution in [-0.2, 0) is 11.3 Å². The molecular formula is C24H35IN4OS. The minimum absolute atomic E-state index is 0. The zero-order chi connectivity index (χ0) is 20.8. The second-order valence-corrected chi connectivity index (χ2v) is 9.45. The van der Waals surface area contributed by atoms with Gasteiger partial charge in [0.2, 0.25) is 0 Å². The topological polar surface area (TPSA) is 40.1 Å². The smallest absolute Gasteiger partial charge is 0.193 e. The van der Waals surface area contributed by atoms with Gasteiger partial charge in [-0.2, -0.15) is 0 Å². The first kappa shape index (κ1) is 24.5. The Morgan fingerprint density at radius 2 is 2.06 bits per heavy atom. The van der Waals surface area contributed by atoms with E-state index in [1.54, 1.807) is 0 Å². The van der Waals surface area contributed by atoms with Crippen molar-refractivity contribution < 1.29 is 4.74 Å². The predicted molar refractivity (Wildman–Crippen MR) is 141 cm³/mol. The number of rotatable bonds is 5. The van der Waals surface area contributed by atoms with Crippen LogP contribution in [0.2, 0.25) is 0 Å². The summed E-state index contributed by atoms with van der Waals surface area (Å²) in [6.45, 7) is 9.08. The summed E-state index contributed by atoms with van der Waals surface area (Å²) in [6.07, 6.45) is 2.68. The van der Waals surface area contributed by atoms with Gasteiger partial charge in [0, 0.05) is 38.1 Å². The normalized spacial score (nSPS) is 22.8. The number of likely N-dealkylation sites (tertiary alicyclic amines) is 1. The van der Waals surface area contributed by atoms with E-state index in [4.69, 9.17) is 4.74 Å². The van der Waals surface area contributed by atoms with E-state index >= 15 is 0 Å². The van der Waals surface area contributed by atoms with E-state index in [9.17, 15) is 0 Å². The molecule has 170 valence electrons. The van der Waals surface area contributed by atoms with E-state index in [1.165, 1.54) is 35.4 Å². The molecule has 5 nitrogen and oxygen atoms in total. The van der Waals surface area contributed by atoms with Gasteiger partial charge in [-0.05, 0) is 54.8 Å². The third kappa shape index (κ3) is 6.66. The van der Waals surface area contributed by atoms with Crippen molar-refractivity contribution in [2.45, 2.75) is 32.4 Å². The molecule has 2 fully saturated rings. The van der Waals surface area contributed by atoms with Crippen LogP contribution >= 0.6 is 35.3 Å². The number of nitrogens with one attached hydrogen (secondary N) is 1. The molecule has 2 unspecified atom stereocenters. The lowest BCUT2D eigenvalue weighted by Gasteiger charge is -2.37. The molecule has 0 bridgehead atoms. The lowest BCUT2D eigenvalue weighted by atomic mass is 9.98. The Morgan fingerprint density at radius 1 is 1.19 bits per heavy atom. The summed E-state index contributed by atoms with van der Waals surface area (Å²) >= 11 is 1.86. The third-order valence-electron chi connectivity index (χ3n) is 6.22. The van der Waals surface area contributed by atoms with Gasteiger partial charge in [0.15, 0.2) is 5.96 Å². The Bertz CT molecular complexity index is 829. The van der Waals surface area contributed by atoms with Crippen LogP contribution in [0.5, 0.6) is 0 Å². The number of nitrogens with zero attached hydrogens (tertiary/aromatic N) is 3. The quantitative estimate of drug-likeness (QED) is 0.335. The molecule has 31 heavy (non-hydrogen) atoms. The molecule has 3 heterocycles. The highest BCUT2D eigenvalue weighted by atomic mass is 127. The number of ether oxygens (including phenoxy) is 1. The summed E-state index contributed by atoms with van der Waals surface area (Å²) in [5, 5.41) is 5.85. The summed E-state index contributed by atoms with van der Waals surface area (Å²) < 4.78 is 6.10. The number of hydrogen-bond acceptors (Lipinski definition) is 4. The van der Waals surface area contributed by atoms with Crippen LogP contribution in [0.1, 0.15) is 34.9 Å². The molecule has 1 N–H and O–H groups in total. The number of aliphatic imine (C=N–C) groups is 1. The van der Waals surface area contributed by atoms with Crippen molar-refractivity contribution in [2.75, 3.05) is 46.4 Å². The maximum atomic E-state index is 6.10. The SMILES string of the molecule is CN=C(NCC1CCCN(Cc2cccs2)C1)N1CCOC(c2ccccc2C)C1.I. The van der Waals surface area contributed by atoms with Gasteiger partial charge in [-0.15, -0.1) is 35.3 Å². The summed E-state index contributed by atoms with van der Waals surface area (Å²) in [4.78, 5) is 11.0. The fourth-order valence-corrected chi connectivity index (χ4v) is 5.38. The molecular weight excluding hydrogens is 519 g/mol. The molecule has 7 heteroatoms. The van der Waals surface area contributed by atoms with Crippen LogP contribution in [0.25, 0.3) is 0 Å². The average Bonchev–Trinajstić information content (AvgIpc) is 3.28. The molecule has 1 aromatic heterocycles. The van der Waals surface area contributed by atoms with Gasteiger partial charge in [-0.1, -0.05) is 30.3 Å². The number of hydrogen-bond donors (Lipinski definition) is 1. The average molecular weight is 555 g/mol. The summed E-state index contributed by atoms with van der Waals surface area (Å²) in [5.41, 5.74) is 2.58. The molecule has 4 rings (SSSR count). The monoisotopic (exact) mass is 554 g/mol. The molecule has 0 saturated carbocycles. The molecule has 0 radical (unpaired) electrons. The van der Waals surface area contributed by atoms with Crippen LogP contribution in [-0.4, -0.2) is 62.1 Å².